The van der Waals surface area contributed by atoms with Gasteiger partial charge in [0, 0.05) is 12.0 Å². The molecule has 0 amide bonds. The first-order chi connectivity index (χ1) is 18.9. The zero-order valence-corrected chi connectivity index (χ0v) is 26.0. The van der Waals surface area contributed by atoms with Crippen molar-refractivity contribution in [3.05, 3.63) is 60.9 Å². The summed E-state index contributed by atoms with van der Waals surface area (Å²) in [5.74, 6) is -0.937. The second-order valence-corrected chi connectivity index (χ2v) is 10.2. The van der Waals surface area contributed by atoms with Gasteiger partial charge in [-0.25, -0.2) is 0 Å². The summed E-state index contributed by atoms with van der Waals surface area (Å²) in [6.45, 7) is 3.32. The maximum Gasteiger partial charge on any atom is 0.206 e. The van der Waals surface area contributed by atoms with E-state index in [1.807, 2.05) is 0 Å². The number of benzene rings is 2. The van der Waals surface area contributed by atoms with Crippen LogP contribution in [0.1, 0.15) is 34.6 Å². The predicted molar refractivity (Wildman–Crippen MR) is 155 cm³/mol. The molecule has 0 aromatic heterocycles. The SMILES string of the molecule is COc1c(Cl)c(C(=O)C2=CC(C)=C[CH]C2(C)C(=O)c2c(Cl)c(OC)c(OC)c(OC)c2Cl)c(Cl)c(OC)c1OC. The van der Waals surface area contributed by atoms with Gasteiger partial charge in [0.25, 0.3) is 0 Å². The summed E-state index contributed by atoms with van der Waals surface area (Å²) in [4.78, 5) is 28.6. The number of carbonyl (C=O) groups excluding carboxylic acids is 2. The molecule has 0 aliphatic heterocycles. The molecular formula is C28H27Cl4O8. The molecule has 0 spiro atoms. The normalized spacial score (nSPS) is 16.5. The van der Waals surface area contributed by atoms with Crippen molar-refractivity contribution in [3.63, 3.8) is 0 Å². The molecule has 1 radical (unpaired) electrons. The zero-order chi connectivity index (χ0) is 30.1. The van der Waals surface area contributed by atoms with Crippen molar-refractivity contribution >= 4 is 58.0 Å². The fourth-order valence-corrected chi connectivity index (χ4v) is 5.93. The molecule has 0 fully saturated rings. The molecule has 40 heavy (non-hydrogen) atoms. The number of hydrogen-bond donors (Lipinski definition) is 0. The average Bonchev–Trinajstić information content (AvgIpc) is 2.93. The Hall–Kier alpha value is -2.78. The summed E-state index contributed by atoms with van der Waals surface area (Å²) >= 11 is 26.6. The lowest BCUT2D eigenvalue weighted by Gasteiger charge is -2.33. The summed E-state index contributed by atoms with van der Waals surface area (Å²) < 4.78 is 32.4. The van der Waals surface area contributed by atoms with Crippen molar-refractivity contribution in [2.45, 2.75) is 13.8 Å². The molecule has 0 saturated carbocycles. The summed E-state index contributed by atoms with van der Waals surface area (Å²) in [5.41, 5.74) is -1.15. The quantitative estimate of drug-likeness (QED) is 0.249. The molecule has 0 heterocycles. The number of hydrogen-bond acceptors (Lipinski definition) is 8. The van der Waals surface area contributed by atoms with Crippen LogP contribution in [0.25, 0.3) is 0 Å². The van der Waals surface area contributed by atoms with E-state index < -0.39 is 17.0 Å². The number of allylic oxidation sites excluding steroid dienone is 4. The van der Waals surface area contributed by atoms with Gasteiger partial charge in [-0.15, -0.1) is 0 Å². The number of ketones is 2. The van der Waals surface area contributed by atoms with Crippen LogP contribution in [0.5, 0.6) is 34.5 Å². The van der Waals surface area contributed by atoms with Gasteiger partial charge < -0.3 is 28.4 Å². The molecule has 1 unspecified atom stereocenters. The fourth-order valence-electron chi connectivity index (χ4n) is 4.46. The Kier molecular flexibility index (Phi) is 9.83. The maximum absolute atomic E-state index is 14.4. The topological polar surface area (TPSA) is 89.5 Å². The molecule has 1 aliphatic rings. The summed E-state index contributed by atoms with van der Waals surface area (Å²) in [6, 6.07) is 0. The average molecular weight is 633 g/mol. The van der Waals surface area contributed by atoms with E-state index in [9.17, 15) is 9.59 Å². The predicted octanol–water partition coefficient (Wildman–Crippen LogP) is 7.51. The van der Waals surface area contributed by atoms with Crippen LogP contribution in [0.2, 0.25) is 20.1 Å². The smallest absolute Gasteiger partial charge is 0.206 e. The first kappa shape index (κ1) is 31.7. The largest absolute Gasteiger partial charge is 0.491 e. The molecule has 1 aliphatic carbocycles. The van der Waals surface area contributed by atoms with E-state index in [0.717, 1.165) is 0 Å². The van der Waals surface area contributed by atoms with E-state index in [2.05, 4.69) is 0 Å². The van der Waals surface area contributed by atoms with E-state index in [-0.39, 0.29) is 71.3 Å². The molecule has 12 heteroatoms. The lowest BCUT2D eigenvalue weighted by molar-refractivity contribution is 0.0855. The zero-order valence-electron chi connectivity index (χ0n) is 23.0. The first-order valence-corrected chi connectivity index (χ1v) is 13.1. The van der Waals surface area contributed by atoms with Gasteiger partial charge in [0.05, 0.1) is 79.3 Å². The van der Waals surface area contributed by atoms with Crippen LogP contribution in [-0.4, -0.2) is 54.2 Å². The standard InChI is InChI=1S/C28H27Cl4O8/c1-12-9-10-28(2,27(34)15-18(31)23(37-5)26(40-8)24(38-6)19(15)32)13(11-12)20(33)14-16(29)21(35-3)25(39-7)22(36-4)17(14)30/h9-11H,1-8H3. The number of methoxy groups -OCH3 is 6. The Morgan fingerprint density at radius 2 is 0.975 bits per heavy atom. The van der Waals surface area contributed by atoms with Crippen molar-refractivity contribution in [1.29, 1.82) is 0 Å². The Morgan fingerprint density at radius 1 is 0.625 bits per heavy atom. The van der Waals surface area contributed by atoms with Gasteiger partial charge >= 0.3 is 0 Å². The molecule has 0 bridgehead atoms. The van der Waals surface area contributed by atoms with Crippen molar-refractivity contribution in [2.24, 2.45) is 5.41 Å². The first-order valence-electron chi connectivity index (χ1n) is 11.6. The van der Waals surface area contributed by atoms with Crippen LogP contribution in [0.15, 0.2) is 23.3 Å². The third kappa shape index (κ3) is 4.96. The van der Waals surface area contributed by atoms with Crippen LogP contribution < -0.4 is 28.4 Å². The van der Waals surface area contributed by atoms with Gasteiger partial charge in [-0.2, -0.15) is 0 Å². The van der Waals surface area contributed by atoms with Gasteiger partial charge in [-0.1, -0.05) is 64.1 Å². The molecule has 2 aromatic carbocycles. The Morgan fingerprint density at radius 3 is 1.32 bits per heavy atom. The monoisotopic (exact) mass is 631 g/mol. The lowest BCUT2D eigenvalue weighted by atomic mass is 9.68. The van der Waals surface area contributed by atoms with Crippen LogP contribution in [0.3, 0.4) is 0 Å². The third-order valence-corrected chi connectivity index (χ3v) is 7.95. The van der Waals surface area contributed by atoms with Crippen LogP contribution in [0.4, 0.5) is 0 Å². The summed E-state index contributed by atoms with van der Waals surface area (Å²) in [6.07, 6.45) is 4.84. The fraction of sp³-hybridized carbons (Fsp3) is 0.321. The molecule has 3 rings (SSSR count). The molecular weight excluding hydrogens is 606 g/mol. The van der Waals surface area contributed by atoms with Gasteiger partial charge in [-0.05, 0) is 13.8 Å². The van der Waals surface area contributed by atoms with Crippen molar-refractivity contribution in [2.75, 3.05) is 42.7 Å². The van der Waals surface area contributed by atoms with E-state index in [1.54, 1.807) is 32.4 Å². The second-order valence-electron chi connectivity index (χ2n) is 8.70. The second kappa shape index (κ2) is 12.4. The Labute approximate surface area is 252 Å². The summed E-state index contributed by atoms with van der Waals surface area (Å²) in [7, 11) is 8.18. The molecule has 0 N–H and O–H groups in total. The van der Waals surface area contributed by atoms with E-state index >= 15 is 0 Å². The lowest BCUT2D eigenvalue weighted by Crippen LogP contribution is -2.36. The molecule has 8 nitrogen and oxygen atoms in total. The highest BCUT2D eigenvalue weighted by molar-refractivity contribution is 6.45. The number of carbonyl (C=O) groups is 2. The van der Waals surface area contributed by atoms with Gasteiger partial charge in [0.1, 0.15) is 0 Å². The van der Waals surface area contributed by atoms with Gasteiger partial charge in [-0.3, -0.25) is 9.59 Å². The molecule has 1 atom stereocenters. The highest BCUT2D eigenvalue weighted by atomic mass is 35.5. The van der Waals surface area contributed by atoms with Crippen LogP contribution in [0, 0.1) is 11.8 Å². The molecule has 215 valence electrons. The minimum atomic E-state index is -1.60. The van der Waals surface area contributed by atoms with Gasteiger partial charge in [0.15, 0.2) is 34.6 Å². The minimum Gasteiger partial charge on any atom is -0.491 e. The molecule has 0 saturated heterocycles. The van der Waals surface area contributed by atoms with Crippen molar-refractivity contribution in [1.82, 2.24) is 0 Å². The van der Waals surface area contributed by atoms with E-state index in [0.29, 0.717) is 5.57 Å². The Balaban J connectivity index is 2.32. The van der Waals surface area contributed by atoms with Crippen molar-refractivity contribution in [3.8, 4) is 34.5 Å². The van der Waals surface area contributed by atoms with Crippen molar-refractivity contribution < 1.29 is 38.0 Å². The highest BCUT2D eigenvalue weighted by Gasteiger charge is 2.46. The van der Waals surface area contributed by atoms with Gasteiger partial charge in [0.2, 0.25) is 11.5 Å². The number of ether oxygens (including phenoxy) is 6. The summed E-state index contributed by atoms with van der Waals surface area (Å²) in [5, 5.41) is -0.484. The van der Waals surface area contributed by atoms with Crippen LogP contribution in [-0.2, 0) is 0 Å². The van der Waals surface area contributed by atoms with E-state index in [1.165, 1.54) is 42.7 Å². The van der Waals surface area contributed by atoms with E-state index in [4.69, 9.17) is 74.8 Å². The number of rotatable bonds is 10. The number of halogens is 4. The highest BCUT2D eigenvalue weighted by Crippen LogP contribution is 2.55. The minimum absolute atomic E-state index is 0.0326. The molecule has 2 aromatic rings. The number of Topliss-reactive ketones (excluding diaryl/α,β-unsaturated/α-hetero) is 2. The Bertz CT molecular complexity index is 1380. The maximum atomic E-state index is 14.4. The van der Waals surface area contributed by atoms with Crippen LogP contribution >= 0.6 is 46.4 Å². The third-order valence-electron chi connectivity index (χ3n) is 6.51.